The van der Waals surface area contributed by atoms with E-state index in [1.165, 1.54) is 18.2 Å². The molecule has 148 valence electrons. The molecule has 0 saturated heterocycles. The molecule has 1 amide bonds. The molecule has 28 heavy (non-hydrogen) atoms. The lowest BCUT2D eigenvalue weighted by atomic mass is 10.3. The molecule has 0 fully saturated rings. The smallest absolute Gasteiger partial charge is 0.308 e. The maximum atomic E-state index is 14.0. The van der Waals surface area contributed by atoms with Gasteiger partial charge in [0.1, 0.15) is 12.4 Å². The number of aromatic nitrogens is 1. The molecule has 7 nitrogen and oxygen atoms in total. The van der Waals surface area contributed by atoms with Crippen molar-refractivity contribution in [1.82, 2.24) is 4.57 Å². The fourth-order valence-corrected chi connectivity index (χ4v) is 4.66. The number of halogens is 1. The van der Waals surface area contributed by atoms with Crippen molar-refractivity contribution in [2.75, 3.05) is 22.4 Å². The van der Waals surface area contributed by atoms with Crippen LogP contribution < -0.4 is 14.5 Å². The number of hydrogen-bond donors (Lipinski definition) is 1. The predicted octanol–water partition coefficient (Wildman–Crippen LogP) is 2.63. The Hall–Kier alpha value is -2.72. The Morgan fingerprint density at radius 1 is 1.25 bits per heavy atom. The van der Waals surface area contributed by atoms with Crippen molar-refractivity contribution in [2.45, 2.75) is 13.5 Å². The van der Waals surface area contributed by atoms with Crippen LogP contribution >= 0.6 is 11.3 Å². The molecule has 3 rings (SSSR count). The summed E-state index contributed by atoms with van der Waals surface area (Å²) in [6.45, 7) is 1.83. The number of benzene rings is 2. The van der Waals surface area contributed by atoms with Crippen LogP contribution in [0, 0.1) is 5.82 Å². The summed E-state index contributed by atoms with van der Waals surface area (Å²) in [4.78, 5) is 24.3. The van der Waals surface area contributed by atoms with Gasteiger partial charge in [-0.2, -0.15) is 0 Å². The second-order valence-electron chi connectivity index (χ2n) is 6.06. The Morgan fingerprint density at radius 3 is 2.61 bits per heavy atom. The van der Waals surface area contributed by atoms with Crippen molar-refractivity contribution < 1.29 is 17.6 Å². The van der Waals surface area contributed by atoms with Gasteiger partial charge in [-0.3, -0.25) is 18.5 Å². The summed E-state index contributed by atoms with van der Waals surface area (Å²) in [5.74, 6) is -1.37. The third-order valence-electron chi connectivity index (χ3n) is 4.08. The van der Waals surface area contributed by atoms with Gasteiger partial charge in [0.15, 0.2) is 0 Å². The highest BCUT2D eigenvalue weighted by Crippen LogP contribution is 2.23. The Balaban J connectivity index is 1.85. The molecule has 0 radical (unpaired) electrons. The number of thiazole rings is 1. The lowest BCUT2D eigenvalue weighted by molar-refractivity contribution is -0.114. The number of anilines is 2. The summed E-state index contributed by atoms with van der Waals surface area (Å²) in [5.41, 5.74) is 0.984. The summed E-state index contributed by atoms with van der Waals surface area (Å²) in [7, 11) is -3.88. The Labute approximate surface area is 165 Å². The van der Waals surface area contributed by atoms with Crippen molar-refractivity contribution in [3.63, 3.8) is 0 Å². The molecule has 1 heterocycles. The maximum absolute atomic E-state index is 14.0. The van der Waals surface area contributed by atoms with Gasteiger partial charge in [0.2, 0.25) is 15.9 Å². The number of nitrogens with one attached hydrogen (secondary N) is 1. The van der Waals surface area contributed by atoms with E-state index in [-0.39, 0.29) is 10.6 Å². The minimum absolute atomic E-state index is 0.0937. The maximum Gasteiger partial charge on any atom is 0.308 e. The number of fused-ring (bicyclic) bond motifs is 1. The van der Waals surface area contributed by atoms with Gasteiger partial charge in [0, 0.05) is 12.2 Å². The summed E-state index contributed by atoms with van der Waals surface area (Å²) in [5, 5.41) is 2.60. The van der Waals surface area contributed by atoms with E-state index in [0.717, 1.165) is 29.2 Å². The molecule has 0 saturated carbocycles. The van der Waals surface area contributed by atoms with E-state index < -0.39 is 28.3 Å². The minimum atomic E-state index is -3.88. The molecule has 0 spiro atoms. The van der Waals surface area contributed by atoms with Crippen LogP contribution in [0.4, 0.5) is 15.8 Å². The Kier molecular flexibility index (Phi) is 5.52. The van der Waals surface area contributed by atoms with Gasteiger partial charge >= 0.3 is 4.87 Å². The number of aryl methyl sites for hydroxylation is 1. The first-order chi connectivity index (χ1) is 13.2. The zero-order chi connectivity index (χ0) is 20.5. The summed E-state index contributed by atoms with van der Waals surface area (Å²) in [6.07, 6.45) is 0.906. The van der Waals surface area contributed by atoms with E-state index >= 15 is 0 Å². The van der Waals surface area contributed by atoms with Crippen molar-refractivity contribution in [2.24, 2.45) is 0 Å². The highest BCUT2D eigenvalue weighted by atomic mass is 32.2. The predicted molar refractivity (Wildman–Crippen MR) is 109 cm³/mol. The average molecular weight is 423 g/mol. The summed E-state index contributed by atoms with van der Waals surface area (Å²) in [6, 6.07) is 10.3. The number of carbonyl (C=O) groups excluding carboxylic acids is 1. The highest BCUT2D eigenvalue weighted by Gasteiger charge is 2.23. The largest absolute Gasteiger partial charge is 0.324 e. The van der Waals surface area contributed by atoms with Crippen LogP contribution in [0.2, 0.25) is 0 Å². The number of hydrogen-bond acceptors (Lipinski definition) is 5. The number of amides is 1. The first kappa shape index (κ1) is 20.0. The Morgan fingerprint density at radius 2 is 1.96 bits per heavy atom. The zero-order valence-electron chi connectivity index (χ0n) is 15.2. The molecule has 0 aliphatic heterocycles. The molecular weight excluding hydrogens is 405 g/mol. The molecule has 0 unspecified atom stereocenters. The van der Waals surface area contributed by atoms with Gasteiger partial charge in [0.05, 0.1) is 22.2 Å². The van der Waals surface area contributed by atoms with Gasteiger partial charge in [-0.1, -0.05) is 23.5 Å². The van der Waals surface area contributed by atoms with E-state index in [1.54, 1.807) is 22.8 Å². The van der Waals surface area contributed by atoms with Crippen molar-refractivity contribution in [1.29, 1.82) is 0 Å². The first-order valence-corrected chi connectivity index (χ1v) is 11.0. The third kappa shape index (κ3) is 4.07. The quantitative estimate of drug-likeness (QED) is 0.660. The first-order valence-electron chi connectivity index (χ1n) is 8.36. The molecule has 1 N–H and O–H groups in total. The van der Waals surface area contributed by atoms with Gasteiger partial charge in [-0.05, 0) is 37.3 Å². The summed E-state index contributed by atoms with van der Waals surface area (Å²) >= 11 is 1.06. The SMILES string of the molecule is CCn1c(=O)sc2cc(NC(=O)CN(c3ccccc3F)S(C)(=O)=O)ccc21. The van der Waals surface area contributed by atoms with Crippen LogP contribution in [0.3, 0.4) is 0 Å². The second kappa shape index (κ2) is 7.72. The molecule has 3 aromatic rings. The molecule has 2 aromatic carbocycles. The fourth-order valence-electron chi connectivity index (χ4n) is 2.81. The van der Waals surface area contributed by atoms with Crippen LogP contribution in [0.5, 0.6) is 0 Å². The molecule has 1 aromatic heterocycles. The molecule has 10 heteroatoms. The number of para-hydroxylation sites is 1. The number of sulfonamides is 1. The molecular formula is C18H18FN3O4S2. The summed E-state index contributed by atoms with van der Waals surface area (Å²) < 4.78 is 41.2. The van der Waals surface area contributed by atoms with Gasteiger partial charge < -0.3 is 5.32 Å². The standard InChI is InChI=1S/C18H18FN3O4S2/c1-3-21-15-9-8-12(10-16(15)27-18(21)24)20-17(23)11-22(28(2,25)26)14-7-5-4-6-13(14)19/h4-10H,3,11H2,1-2H3,(H,20,23). The second-order valence-corrected chi connectivity index (χ2v) is 8.96. The zero-order valence-corrected chi connectivity index (χ0v) is 16.8. The van der Waals surface area contributed by atoms with E-state index in [1.807, 2.05) is 6.92 Å². The van der Waals surface area contributed by atoms with Crippen molar-refractivity contribution >= 4 is 48.9 Å². The van der Waals surface area contributed by atoms with Crippen LogP contribution in [-0.4, -0.2) is 31.7 Å². The van der Waals surface area contributed by atoms with Gasteiger partial charge in [0.25, 0.3) is 0 Å². The average Bonchev–Trinajstić information content (AvgIpc) is 2.93. The topological polar surface area (TPSA) is 88.5 Å². The molecule has 0 aliphatic carbocycles. The lowest BCUT2D eigenvalue weighted by Crippen LogP contribution is -2.38. The van der Waals surface area contributed by atoms with E-state index in [4.69, 9.17) is 0 Å². The van der Waals surface area contributed by atoms with Crippen LogP contribution in [0.25, 0.3) is 10.2 Å². The van der Waals surface area contributed by atoms with E-state index in [9.17, 15) is 22.4 Å². The number of nitrogens with zero attached hydrogens (tertiary/aromatic N) is 2. The van der Waals surface area contributed by atoms with Gasteiger partial charge in [-0.25, -0.2) is 12.8 Å². The van der Waals surface area contributed by atoms with E-state index in [0.29, 0.717) is 21.2 Å². The Bertz CT molecular complexity index is 1200. The fraction of sp³-hybridized carbons (Fsp3) is 0.222. The van der Waals surface area contributed by atoms with E-state index in [2.05, 4.69) is 5.32 Å². The number of carbonyl (C=O) groups is 1. The van der Waals surface area contributed by atoms with Crippen molar-refractivity contribution in [3.05, 3.63) is 57.9 Å². The normalized spacial score (nSPS) is 11.5. The van der Waals surface area contributed by atoms with Crippen LogP contribution in [-0.2, 0) is 21.4 Å². The number of rotatable bonds is 6. The van der Waals surface area contributed by atoms with Crippen LogP contribution in [0.15, 0.2) is 47.3 Å². The third-order valence-corrected chi connectivity index (χ3v) is 6.15. The molecule has 0 bridgehead atoms. The molecule has 0 atom stereocenters. The van der Waals surface area contributed by atoms with Gasteiger partial charge in [-0.15, -0.1) is 0 Å². The minimum Gasteiger partial charge on any atom is -0.324 e. The monoisotopic (exact) mass is 423 g/mol. The highest BCUT2D eigenvalue weighted by molar-refractivity contribution is 7.92. The molecule has 0 aliphatic rings. The van der Waals surface area contributed by atoms with Crippen LogP contribution in [0.1, 0.15) is 6.92 Å². The van der Waals surface area contributed by atoms with Crippen molar-refractivity contribution in [3.8, 4) is 0 Å². The lowest BCUT2D eigenvalue weighted by Gasteiger charge is -2.22.